The van der Waals surface area contributed by atoms with Crippen LogP contribution in [0.25, 0.3) is 10.9 Å². The highest BCUT2D eigenvalue weighted by Crippen LogP contribution is 2.35. The zero-order valence-corrected chi connectivity index (χ0v) is 12.8. The van der Waals surface area contributed by atoms with Crippen LogP contribution in [0.1, 0.15) is 5.82 Å². The number of rotatable bonds is 2. The summed E-state index contributed by atoms with van der Waals surface area (Å²) in [6, 6.07) is 9.74. The van der Waals surface area contributed by atoms with Gasteiger partial charge in [0.15, 0.2) is 0 Å². The Hall–Kier alpha value is -2.22. The van der Waals surface area contributed by atoms with Crippen molar-refractivity contribution >= 4 is 26.8 Å². The molecule has 0 saturated heterocycles. The van der Waals surface area contributed by atoms with Crippen LogP contribution in [0.5, 0.6) is 11.6 Å². The van der Waals surface area contributed by atoms with E-state index in [1.54, 1.807) is 18.2 Å². The number of para-hydroxylation sites is 1. The fourth-order valence-electron chi connectivity index (χ4n) is 1.91. The molecule has 0 aliphatic rings. The van der Waals surface area contributed by atoms with Gasteiger partial charge >= 0.3 is 6.18 Å². The predicted octanol–water partition coefficient (Wildman–Crippen LogP) is 5.34. The van der Waals surface area contributed by atoms with Crippen LogP contribution in [0.4, 0.5) is 17.6 Å². The highest BCUT2D eigenvalue weighted by atomic mass is 79.9. The molecule has 3 nitrogen and oxygen atoms in total. The minimum Gasteiger partial charge on any atom is -0.437 e. The summed E-state index contributed by atoms with van der Waals surface area (Å²) in [7, 11) is 0. The van der Waals surface area contributed by atoms with Gasteiger partial charge in [0.1, 0.15) is 11.6 Å². The van der Waals surface area contributed by atoms with Crippen molar-refractivity contribution in [1.82, 2.24) is 9.97 Å². The topological polar surface area (TPSA) is 35.0 Å². The second-order valence-electron chi connectivity index (χ2n) is 4.54. The van der Waals surface area contributed by atoms with Gasteiger partial charge in [-0.15, -0.1) is 0 Å². The molecule has 2 aromatic carbocycles. The Morgan fingerprint density at radius 1 is 1.00 bits per heavy atom. The van der Waals surface area contributed by atoms with Crippen molar-refractivity contribution in [2.45, 2.75) is 6.18 Å². The molecule has 3 rings (SSSR count). The van der Waals surface area contributed by atoms with Crippen LogP contribution in [-0.4, -0.2) is 9.97 Å². The first-order valence-electron chi connectivity index (χ1n) is 6.31. The number of aromatic nitrogens is 2. The molecule has 1 aromatic heterocycles. The van der Waals surface area contributed by atoms with Crippen LogP contribution in [-0.2, 0) is 6.18 Å². The monoisotopic (exact) mass is 386 g/mol. The maximum atomic E-state index is 13.1. The van der Waals surface area contributed by atoms with Gasteiger partial charge < -0.3 is 4.74 Å². The summed E-state index contributed by atoms with van der Waals surface area (Å²) in [4.78, 5) is 6.96. The molecule has 8 heteroatoms. The van der Waals surface area contributed by atoms with Crippen LogP contribution in [0, 0.1) is 5.82 Å². The van der Waals surface area contributed by atoms with E-state index in [0.717, 1.165) is 12.1 Å². The average molecular weight is 387 g/mol. The first kappa shape index (κ1) is 15.7. The Bertz CT molecular complexity index is 883. The molecule has 0 atom stereocenters. The summed E-state index contributed by atoms with van der Waals surface area (Å²) < 4.78 is 57.6. The number of fused-ring (bicyclic) bond motifs is 1. The number of hydrogen-bond donors (Lipinski definition) is 0. The summed E-state index contributed by atoms with van der Waals surface area (Å²) in [5.74, 6) is -1.92. The number of hydrogen-bond acceptors (Lipinski definition) is 3. The predicted molar refractivity (Wildman–Crippen MR) is 78.7 cm³/mol. The first-order chi connectivity index (χ1) is 10.8. The molecule has 0 aliphatic heterocycles. The third-order valence-corrected chi connectivity index (χ3v) is 3.54. The molecule has 0 saturated carbocycles. The Labute approximate surface area is 136 Å². The number of nitrogens with zero attached hydrogens (tertiary/aromatic N) is 2. The minimum atomic E-state index is -4.71. The van der Waals surface area contributed by atoms with Gasteiger partial charge in [-0.3, -0.25) is 0 Å². The normalized spacial score (nSPS) is 11.7. The Kier molecular flexibility index (Phi) is 3.93. The quantitative estimate of drug-likeness (QED) is 0.557. The summed E-state index contributed by atoms with van der Waals surface area (Å²) in [6.07, 6.45) is -4.71. The Balaban J connectivity index is 2.15. The van der Waals surface area contributed by atoms with Gasteiger partial charge in [0, 0.05) is 0 Å². The lowest BCUT2D eigenvalue weighted by molar-refractivity contribution is -0.144. The summed E-state index contributed by atoms with van der Waals surface area (Å²) >= 11 is 3.10. The number of halogens is 5. The van der Waals surface area contributed by atoms with Gasteiger partial charge in [0.25, 0.3) is 0 Å². The van der Waals surface area contributed by atoms with Crippen molar-refractivity contribution in [1.29, 1.82) is 0 Å². The van der Waals surface area contributed by atoms with E-state index in [-0.39, 0.29) is 21.6 Å². The molecule has 0 radical (unpaired) electrons. The van der Waals surface area contributed by atoms with E-state index in [1.165, 1.54) is 12.1 Å². The van der Waals surface area contributed by atoms with Crippen LogP contribution < -0.4 is 4.74 Å². The van der Waals surface area contributed by atoms with E-state index in [1.807, 2.05) is 0 Å². The largest absolute Gasteiger partial charge is 0.451 e. The van der Waals surface area contributed by atoms with Crippen molar-refractivity contribution in [3.8, 4) is 11.6 Å². The average Bonchev–Trinajstić information content (AvgIpc) is 2.49. The fourth-order valence-corrected chi connectivity index (χ4v) is 2.35. The lowest BCUT2D eigenvalue weighted by atomic mass is 10.2. The molecular weight excluding hydrogens is 380 g/mol. The van der Waals surface area contributed by atoms with Gasteiger partial charge in [0.2, 0.25) is 11.7 Å². The molecular formula is C15H7BrF4N2O. The van der Waals surface area contributed by atoms with Crippen LogP contribution in [0.3, 0.4) is 0 Å². The number of ether oxygens (including phenoxy) is 1. The molecule has 0 aliphatic carbocycles. The van der Waals surface area contributed by atoms with E-state index in [0.29, 0.717) is 5.39 Å². The van der Waals surface area contributed by atoms with Crippen LogP contribution >= 0.6 is 15.9 Å². The molecule has 1 heterocycles. The summed E-state index contributed by atoms with van der Waals surface area (Å²) in [5.41, 5.74) is 0.100. The molecule has 23 heavy (non-hydrogen) atoms. The first-order valence-corrected chi connectivity index (χ1v) is 7.11. The highest BCUT2D eigenvalue weighted by Gasteiger charge is 2.36. The lowest BCUT2D eigenvalue weighted by Gasteiger charge is -2.12. The molecule has 0 spiro atoms. The van der Waals surface area contributed by atoms with Gasteiger partial charge in [-0.25, -0.2) is 9.37 Å². The van der Waals surface area contributed by atoms with Crippen molar-refractivity contribution in [2.24, 2.45) is 0 Å². The van der Waals surface area contributed by atoms with E-state index in [2.05, 4.69) is 25.9 Å². The van der Waals surface area contributed by atoms with Crippen molar-refractivity contribution in [2.75, 3.05) is 0 Å². The Morgan fingerprint density at radius 3 is 2.43 bits per heavy atom. The van der Waals surface area contributed by atoms with Gasteiger partial charge in [-0.1, -0.05) is 12.1 Å². The zero-order chi connectivity index (χ0) is 16.6. The second kappa shape index (κ2) is 5.77. The maximum Gasteiger partial charge on any atom is 0.451 e. The maximum absolute atomic E-state index is 13.1. The van der Waals surface area contributed by atoms with Gasteiger partial charge in [-0.2, -0.15) is 18.2 Å². The molecule has 0 fully saturated rings. The summed E-state index contributed by atoms with van der Waals surface area (Å²) in [6.45, 7) is 0. The van der Waals surface area contributed by atoms with Gasteiger partial charge in [0.05, 0.1) is 15.4 Å². The zero-order valence-electron chi connectivity index (χ0n) is 11.2. The van der Waals surface area contributed by atoms with E-state index in [4.69, 9.17) is 4.74 Å². The number of alkyl halides is 3. The van der Waals surface area contributed by atoms with E-state index < -0.39 is 17.8 Å². The van der Waals surface area contributed by atoms with Crippen molar-refractivity contribution in [3.63, 3.8) is 0 Å². The van der Waals surface area contributed by atoms with Crippen molar-refractivity contribution < 1.29 is 22.3 Å². The van der Waals surface area contributed by atoms with Crippen molar-refractivity contribution in [3.05, 3.63) is 58.6 Å². The molecule has 118 valence electrons. The summed E-state index contributed by atoms with van der Waals surface area (Å²) in [5, 5.41) is 0.316. The highest BCUT2D eigenvalue weighted by molar-refractivity contribution is 9.10. The van der Waals surface area contributed by atoms with Crippen LogP contribution in [0.2, 0.25) is 0 Å². The molecule has 0 N–H and O–H groups in total. The third-order valence-electron chi connectivity index (χ3n) is 2.92. The smallest absolute Gasteiger partial charge is 0.437 e. The SMILES string of the molecule is Fc1ccc(Oc2nc(C(F)(F)F)nc3ccccc23)c(Br)c1. The lowest BCUT2D eigenvalue weighted by Crippen LogP contribution is -2.11. The third kappa shape index (κ3) is 3.26. The standard InChI is InChI=1S/C15H7BrF4N2O/c16-10-7-8(17)5-6-12(10)23-13-9-3-1-2-4-11(9)21-14(22-13)15(18,19)20/h1-7H. The van der Waals surface area contributed by atoms with Crippen LogP contribution in [0.15, 0.2) is 46.9 Å². The van der Waals surface area contributed by atoms with E-state index in [9.17, 15) is 17.6 Å². The molecule has 0 unspecified atom stereocenters. The fraction of sp³-hybridized carbons (Fsp3) is 0.0667. The molecule has 3 aromatic rings. The minimum absolute atomic E-state index is 0.100. The Morgan fingerprint density at radius 2 is 1.74 bits per heavy atom. The second-order valence-corrected chi connectivity index (χ2v) is 5.40. The number of benzene rings is 2. The molecule has 0 bridgehead atoms. The molecule has 0 amide bonds. The van der Waals surface area contributed by atoms with E-state index >= 15 is 0 Å². The van der Waals surface area contributed by atoms with Gasteiger partial charge in [-0.05, 0) is 46.3 Å².